The molecule has 3 heterocycles. The van der Waals surface area contributed by atoms with E-state index in [-0.39, 0.29) is 36.9 Å². The van der Waals surface area contributed by atoms with Crippen molar-refractivity contribution in [2.45, 2.75) is 44.9 Å². The number of carbonyl (C=O) groups excluding carboxylic acids is 2. The van der Waals surface area contributed by atoms with Crippen LogP contribution in [0.3, 0.4) is 0 Å². The molecule has 0 saturated carbocycles. The smallest absolute Gasteiger partial charge is 0.228 e. The van der Waals surface area contributed by atoms with E-state index in [4.69, 9.17) is 9.47 Å². The van der Waals surface area contributed by atoms with E-state index in [1.807, 2.05) is 54.6 Å². The number of ketones is 1. The molecule has 2 saturated heterocycles. The van der Waals surface area contributed by atoms with Crippen LogP contribution in [0.2, 0.25) is 0 Å². The summed E-state index contributed by atoms with van der Waals surface area (Å²) in [6, 6.07) is 24.4. The normalized spacial score (nSPS) is 20.3. The summed E-state index contributed by atoms with van der Waals surface area (Å²) in [5, 5.41) is 12.4. The second kappa shape index (κ2) is 14.7. The van der Waals surface area contributed by atoms with Crippen molar-refractivity contribution >= 4 is 23.3 Å². The highest BCUT2D eigenvalue weighted by molar-refractivity contribution is 5.97. The number of aliphatic hydroxyl groups excluding tert-OH is 1. The summed E-state index contributed by atoms with van der Waals surface area (Å²) < 4.78 is 13.1. The second-order valence-electron chi connectivity index (χ2n) is 11.8. The summed E-state index contributed by atoms with van der Waals surface area (Å²) in [5.74, 6) is 0.550. The van der Waals surface area contributed by atoms with Crippen molar-refractivity contribution in [2.75, 3.05) is 42.9 Å². The standard InChI is InChI=1S/C36H39N5O5/c1-25(43)30-4-2-5-31(21-30)39-34(44)20-26-6-12-29(13-7-26)35-45-32(22-33(46-35)28-10-8-27(24-42)9-11-28)23-40-16-18-41(19-17-40)36-37-14-3-15-38-36/h2-15,21,32-33,35,42H,16-20,22-24H2,1H3,(H,39,44)/t32-,33+,35?/m0/s1. The molecule has 3 atom stereocenters. The first kappa shape index (κ1) is 31.5. The minimum atomic E-state index is -0.572. The highest BCUT2D eigenvalue weighted by atomic mass is 16.7. The van der Waals surface area contributed by atoms with Gasteiger partial charge in [-0.2, -0.15) is 0 Å². The number of amides is 1. The van der Waals surface area contributed by atoms with E-state index in [2.05, 4.69) is 25.1 Å². The van der Waals surface area contributed by atoms with E-state index >= 15 is 0 Å². The number of nitrogens with zero attached hydrogens (tertiary/aromatic N) is 4. The number of nitrogens with one attached hydrogen (secondary N) is 1. The van der Waals surface area contributed by atoms with Gasteiger partial charge in [0.2, 0.25) is 11.9 Å². The Labute approximate surface area is 269 Å². The van der Waals surface area contributed by atoms with Crippen LogP contribution in [0.15, 0.2) is 91.3 Å². The summed E-state index contributed by atoms with van der Waals surface area (Å²) in [6.45, 7) is 5.74. The van der Waals surface area contributed by atoms with Crippen molar-refractivity contribution < 1.29 is 24.2 Å². The Bertz CT molecular complexity index is 1610. The minimum Gasteiger partial charge on any atom is -0.392 e. The van der Waals surface area contributed by atoms with Gasteiger partial charge in [-0.1, -0.05) is 60.7 Å². The first-order valence-electron chi connectivity index (χ1n) is 15.7. The van der Waals surface area contributed by atoms with E-state index in [0.717, 1.165) is 60.9 Å². The van der Waals surface area contributed by atoms with Crippen LogP contribution in [0.4, 0.5) is 11.6 Å². The molecule has 1 unspecified atom stereocenters. The van der Waals surface area contributed by atoms with Gasteiger partial charge in [-0.3, -0.25) is 14.5 Å². The summed E-state index contributed by atoms with van der Waals surface area (Å²) >= 11 is 0. The zero-order valence-electron chi connectivity index (χ0n) is 25.9. The van der Waals surface area contributed by atoms with Gasteiger partial charge in [-0.25, -0.2) is 9.97 Å². The number of carbonyl (C=O) groups is 2. The molecule has 6 rings (SSSR count). The molecular formula is C36H39N5O5. The van der Waals surface area contributed by atoms with Gasteiger partial charge in [-0.05, 0) is 41.8 Å². The third kappa shape index (κ3) is 8.02. The molecule has 10 heteroatoms. The van der Waals surface area contributed by atoms with E-state index in [0.29, 0.717) is 17.7 Å². The topological polar surface area (TPSA) is 117 Å². The van der Waals surface area contributed by atoms with Crippen LogP contribution in [0, 0.1) is 0 Å². The summed E-state index contributed by atoms with van der Waals surface area (Å²) in [4.78, 5) is 37.9. The number of benzene rings is 3. The Morgan fingerprint density at radius 2 is 1.57 bits per heavy atom. The van der Waals surface area contributed by atoms with Crippen molar-refractivity contribution in [1.82, 2.24) is 14.9 Å². The van der Waals surface area contributed by atoms with Crippen molar-refractivity contribution in [3.8, 4) is 0 Å². The maximum absolute atomic E-state index is 12.8. The SMILES string of the molecule is CC(=O)c1cccc(NC(=O)Cc2ccc(C3O[C@H](CN4CCN(c5ncccn5)CC4)C[C@H](c4ccc(CO)cc4)O3)cc2)c1. The predicted octanol–water partition coefficient (Wildman–Crippen LogP) is 4.72. The van der Waals surface area contributed by atoms with Gasteiger partial charge < -0.3 is 24.8 Å². The maximum Gasteiger partial charge on any atom is 0.228 e. The highest BCUT2D eigenvalue weighted by Gasteiger charge is 2.34. The number of Topliss-reactive ketones (excluding diaryl/α,β-unsaturated/α-hetero) is 1. The van der Waals surface area contributed by atoms with Crippen molar-refractivity contribution in [1.29, 1.82) is 0 Å². The molecular weight excluding hydrogens is 582 g/mol. The van der Waals surface area contributed by atoms with Crippen LogP contribution < -0.4 is 10.2 Å². The largest absolute Gasteiger partial charge is 0.392 e. The summed E-state index contributed by atoms with van der Waals surface area (Å²) in [6.07, 6.45) is 3.65. The fourth-order valence-corrected chi connectivity index (χ4v) is 5.91. The van der Waals surface area contributed by atoms with Gasteiger partial charge in [0.15, 0.2) is 12.1 Å². The van der Waals surface area contributed by atoms with Gasteiger partial charge in [0.05, 0.1) is 25.2 Å². The quantitative estimate of drug-likeness (QED) is 0.243. The average molecular weight is 622 g/mol. The van der Waals surface area contributed by atoms with Gasteiger partial charge >= 0.3 is 0 Å². The molecule has 46 heavy (non-hydrogen) atoms. The number of ether oxygens (including phenoxy) is 2. The molecule has 3 aromatic carbocycles. The fraction of sp³-hybridized carbons (Fsp3) is 0.333. The maximum atomic E-state index is 12.8. The lowest BCUT2D eigenvalue weighted by atomic mass is 9.99. The monoisotopic (exact) mass is 621 g/mol. The minimum absolute atomic E-state index is 0.00463. The lowest BCUT2D eigenvalue weighted by Crippen LogP contribution is -2.50. The molecule has 0 radical (unpaired) electrons. The Hall–Kier alpha value is -4.48. The van der Waals surface area contributed by atoms with Crippen molar-refractivity contribution in [3.05, 3.63) is 119 Å². The van der Waals surface area contributed by atoms with E-state index in [9.17, 15) is 14.7 Å². The zero-order chi connectivity index (χ0) is 31.9. The van der Waals surface area contributed by atoms with Gasteiger partial charge in [0.25, 0.3) is 0 Å². The van der Waals surface area contributed by atoms with Gasteiger partial charge in [0, 0.05) is 68.4 Å². The van der Waals surface area contributed by atoms with Gasteiger partial charge in [0.1, 0.15) is 0 Å². The first-order valence-corrected chi connectivity index (χ1v) is 15.7. The Morgan fingerprint density at radius 3 is 2.26 bits per heavy atom. The van der Waals surface area contributed by atoms with Crippen LogP contribution >= 0.6 is 0 Å². The molecule has 1 amide bonds. The van der Waals surface area contributed by atoms with Crippen LogP contribution in [0.1, 0.15) is 58.4 Å². The lowest BCUT2D eigenvalue weighted by molar-refractivity contribution is -0.253. The molecule has 2 aliphatic rings. The predicted molar refractivity (Wildman–Crippen MR) is 174 cm³/mol. The van der Waals surface area contributed by atoms with Crippen LogP contribution in [0.25, 0.3) is 0 Å². The molecule has 238 valence electrons. The number of rotatable bonds is 10. The lowest BCUT2D eigenvalue weighted by Gasteiger charge is -2.40. The summed E-state index contributed by atoms with van der Waals surface area (Å²) in [5.41, 5.74) is 4.79. The number of hydrogen-bond acceptors (Lipinski definition) is 9. The average Bonchev–Trinajstić information content (AvgIpc) is 3.09. The number of aromatic nitrogens is 2. The third-order valence-electron chi connectivity index (χ3n) is 8.45. The molecule has 4 aromatic rings. The molecule has 10 nitrogen and oxygen atoms in total. The van der Waals surface area contributed by atoms with E-state index in [1.165, 1.54) is 6.92 Å². The van der Waals surface area contributed by atoms with Crippen LogP contribution in [-0.4, -0.2) is 70.5 Å². The third-order valence-corrected chi connectivity index (χ3v) is 8.45. The second-order valence-corrected chi connectivity index (χ2v) is 11.8. The highest BCUT2D eigenvalue weighted by Crippen LogP contribution is 2.38. The Kier molecular flexibility index (Phi) is 10.1. The Morgan fingerprint density at radius 1 is 0.870 bits per heavy atom. The molecule has 0 bridgehead atoms. The van der Waals surface area contributed by atoms with Crippen molar-refractivity contribution in [2.24, 2.45) is 0 Å². The van der Waals surface area contributed by atoms with E-state index < -0.39 is 6.29 Å². The number of anilines is 2. The number of piperazine rings is 1. The molecule has 1 aromatic heterocycles. The van der Waals surface area contributed by atoms with Gasteiger partial charge in [-0.15, -0.1) is 0 Å². The molecule has 2 N–H and O–H groups in total. The number of hydrogen-bond donors (Lipinski definition) is 2. The fourth-order valence-electron chi connectivity index (χ4n) is 5.91. The molecule has 0 aliphatic carbocycles. The molecule has 0 spiro atoms. The van der Waals surface area contributed by atoms with E-state index in [1.54, 1.807) is 36.7 Å². The van der Waals surface area contributed by atoms with Crippen LogP contribution in [-0.2, 0) is 27.3 Å². The van der Waals surface area contributed by atoms with Crippen molar-refractivity contribution in [3.63, 3.8) is 0 Å². The summed E-state index contributed by atoms with van der Waals surface area (Å²) in [7, 11) is 0. The van der Waals surface area contributed by atoms with Crippen LogP contribution in [0.5, 0.6) is 0 Å². The first-order chi connectivity index (χ1) is 22.4. The molecule has 2 fully saturated rings. The number of aliphatic hydroxyl groups is 1. The molecule has 2 aliphatic heterocycles. The Balaban J connectivity index is 1.11. The zero-order valence-corrected chi connectivity index (χ0v) is 25.9.